The molecule has 0 aliphatic carbocycles. The average Bonchev–Trinajstić information content (AvgIpc) is 2.73. The van der Waals surface area contributed by atoms with E-state index in [4.69, 9.17) is 5.11 Å². The van der Waals surface area contributed by atoms with Crippen LogP contribution < -0.4 is 16.0 Å². The van der Waals surface area contributed by atoms with Crippen molar-refractivity contribution >= 4 is 23.4 Å². The second-order valence-corrected chi connectivity index (χ2v) is 6.24. The number of nitrogens with one attached hydrogen (secondary N) is 3. The SMILES string of the molecule is C[C@H](Nc1cc(C(=O)NCCO)cc(Nc2cnccn2)n1)c1ccc(F)cc1. The first-order valence-electron chi connectivity index (χ1n) is 9.01. The molecule has 9 heteroatoms. The molecule has 0 unspecified atom stereocenters. The maximum absolute atomic E-state index is 13.2. The summed E-state index contributed by atoms with van der Waals surface area (Å²) in [6.45, 7) is 1.89. The molecular formula is C20H21FN6O2. The van der Waals surface area contributed by atoms with Crippen molar-refractivity contribution in [3.8, 4) is 0 Å². The van der Waals surface area contributed by atoms with Crippen LogP contribution in [-0.2, 0) is 0 Å². The number of anilines is 3. The van der Waals surface area contributed by atoms with Gasteiger partial charge in [0.25, 0.3) is 5.91 Å². The van der Waals surface area contributed by atoms with Crippen LogP contribution in [0.15, 0.2) is 55.0 Å². The molecule has 3 rings (SSSR count). The summed E-state index contributed by atoms with van der Waals surface area (Å²) in [4.78, 5) is 25.0. The highest BCUT2D eigenvalue weighted by molar-refractivity contribution is 5.95. The van der Waals surface area contributed by atoms with Crippen molar-refractivity contribution in [2.24, 2.45) is 0 Å². The zero-order valence-corrected chi connectivity index (χ0v) is 15.8. The van der Waals surface area contributed by atoms with Crippen molar-refractivity contribution < 1.29 is 14.3 Å². The van der Waals surface area contributed by atoms with Gasteiger partial charge in [-0.25, -0.2) is 14.4 Å². The molecule has 0 bridgehead atoms. The molecule has 1 amide bonds. The van der Waals surface area contributed by atoms with Gasteiger partial charge < -0.3 is 21.1 Å². The molecule has 0 aliphatic heterocycles. The predicted octanol–water partition coefficient (Wildman–Crippen LogP) is 2.65. The van der Waals surface area contributed by atoms with Gasteiger partial charge in [0.15, 0.2) is 0 Å². The minimum Gasteiger partial charge on any atom is -0.395 e. The van der Waals surface area contributed by atoms with Crippen LogP contribution in [0.1, 0.15) is 28.9 Å². The number of benzene rings is 1. The first-order valence-corrected chi connectivity index (χ1v) is 9.01. The van der Waals surface area contributed by atoms with Crippen molar-refractivity contribution in [3.63, 3.8) is 0 Å². The van der Waals surface area contributed by atoms with Gasteiger partial charge in [0.05, 0.1) is 12.8 Å². The normalized spacial score (nSPS) is 11.6. The third kappa shape index (κ3) is 5.69. The number of halogens is 1. The number of aromatic nitrogens is 3. The Kier molecular flexibility index (Phi) is 6.64. The van der Waals surface area contributed by atoms with Gasteiger partial charge >= 0.3 is 0 Å². The van der Waals surface area contributed by atoms with Crippen LogP contribution in [0.2, 0.25) is 0 Å². The molecular weight excluding hydrogens is 375 g/mol. The summed E-state index contributed by atoms with van der Waals surface area (Å²) >= 11 is 0. The van der Waals surface area contributed by atoms with Crippen LogP contribution in [0.25, 0.3) is 0 Å². The zero-order valence-electron chi connectivity index (χ0n) is 15.8. The van der Waals surface area contributed by atoms with E-state index in [2.05, 4.69) is 30.9 Å². The second kappa shape index (κ2) is 9.56. The molecule has 29 heavy (non-hydrogen) atoms. The Morgan fingerprint density at radius 3 is 2.59 bits per heavy atom. The van der Waals surface area contributed by atoms with Crippen molar-refractivity contribution in [3.05, 3.63) is 71.9 Å². The first kappa shape index (κ1) is 20.2. The average molecular weight is 396 g/mol. The lowest BCUT2D eigenvalue weighted by molar-refractivity contribution is 0.0944. The van der Waals surface area contributed by atoms with Crippen LogP contribution in [-0.4, -0.2) is 39.1 Å². The van der Waals surface area contributed by atoms with Gasteiger partial charge in [0, 0.05) is 30.5 Å². The molecule has 0 spiro atoms. The van der Waals surface area contributed by atoms with E-state index in [9.17, 15) is 9.18 Å². The van der Waals surface area contributed by atoms with E-state index in [0.29, 0.717) is 23.0 Å². The number of carbonyl (C=O) groups excluding carboxylic acids is 1. The predicted molar refractivity (Wildman–Crippen MR) is 107 cm³/mol. The molecule has 0 radical (unpaired) electrons. The van der Waals surface area contributed by atoms with Crippen LogP contribution in [0.5, 0.6) is 0 Å². The highest BCUT2D eigenvalue weighted by atomic mass is 19.1. The summed E-state index contributed by atoms with van der Waals surface area (Å²) in [5.41, 5.74) is 1.22. The van der Waals surface area contributed by atoms with Crippen LogP contribution in [0.4, 0.5) is 21.8 Å². The standard InChI is InChI=1S/C20H21FN6O2/c1-13(14-2-4-16(21)5-3-14)25-17-10-15(20(29)24-8-9-28)11-18(26-17)27-19-12-22-6-7-23-19/h2-7,10-13,28H,8-9H2,1H3,(H,24,29)(H2,23,25,26,27)/t13-/m0/s1. The number of pyridine rings is 1. The van der Waals surface area contributed by atoms with Crippen molar-refractivity contribution in [1.29, 1.82) is 0 Å². The minimum absolute atomic E-state index is 0.142. The number of nitrogens with zero attached hydrogens (tertiary/aromatic N) is 3. The van der Waals surface area contributed by atoms with Gasteiger partial charge in [0.2, 0.25) is 0 Å². The molecule has 3 aromatic rings. The number of rotatable bonds is 8. The summed E-state index contributed by atoms with van der Waals surface area (Å²) in [6.07, 6.45) is 4.62. The fourth-order valence-corrected chi connectivity index (χ4v) is 2.62. The number of hydrogen-bond acceptors (Lipinski definition) is 7. The highest BCUT2D eigenvalue weighted by Gasteiger charge is 2.13. The van der Waals surface area contributed by atoms with Crippen molar-refractivity contribution in [1.82, 2.24) is 20.3 Å². The summed E-state index contributed by atoms with van der Waals surface area (Å²) in [6, 6.07) is 9.15. The zero-order chi connectivity index (χ0) is 20.6. The molecule has 1 atom stereocenters. The third-order valence-corrected chi connectivity index (χ3v) is 4.04. The van der Waals surface area contributed by atoms with Crippen molar-refractivity contribution in [2.45, 2.75) is 13.0 Å². The lowest BCUT2D eigenvalue weighted by Gasteiger charge is -2.17. The lowest BCUT2D eigenvalue weighted by atomic mass is 10.1. The van der Waals surface area contributed by atoms with Crippen molar-refractivity contribution in [2.75, 3.05) is 23.8 Å². The second-order valence-electron chi connectivity index (χ2n) is 6.24. The van der Waals surface area contributed by atoms with Gasteiger partial charge in [-0.1, -0.05) is 12.1 Å². The Bertz CT molecular complexity index is 953. The van der Waals surface area contributed by atoms with E-state index in [-0.39, 0.29) is 30.9 Å². The monoisotopic (exact) mass is 396 g/mol. The van der Waals surface area contributed by atoms with E-state index in [1.165, 1.54) is 24.5 Å². The van der Waals surface area contributed by atoms with E-state index >= 15 is 0 Å². The Morgan fingerprint density at radius 2 is 1.90 bits per heavy atom. The summed E-state index contributed by atoms with van der Waals surface area (Å²) < 4.78 is 13.2. The van der Waals surface area contributed by atoms with E-state index in [1.54, 1.807) is 30.5 Å². The third-order valence-electron chi connectivity index (χ3n) is 4.04. The molecule has 4 N–H and O–H groups in total. The first-order chi connectivity index (χ1) is 14.0. The Balaban J connectivity index is 1.86. The molecule has 2 aromatic heterocycles. The number of hydrogen-bond donors (Lipinski definition) is 4. The number of amides is 1. The maximum Gasteiger partial charge on any atom is 0.251 e. The summed E-state index contributed by atoms with van der Waals surface area (Å²) in [7, 11) is 0. The molecule has 0 fully saturated rings. The van der Waals surface area contributed by atoms with Crippen LogP contribution in [0.3, 0.4) is 0 Å². The van der Waals surface area contributed by atoms with Crippen LogP contribution in [0, 0.1) is 5.82 Å². The lowest BCUT2D eigenvalue weighted by Crippen LogP contribution is -2.26. The molecule has 150 valence electrons. The van der Waals surface area contributed by atoms with Gasteiger partial charge in [-0.05, 0) is 36.8 Å². The van der Waals surface area contributed by atoms with Crippen LogP contribution >= 0.6 is 0 Å². The number of aliphatic hydroxyl groups excluding tert-OH is 1. The number of aliphatic hydroxyl groups is 1. The molecule has 2 heterocycles. The largest absolute Gasteiger partial charge is 0.395 e. The molecule has 1 aromatic carbocycles. The smallest absolute Gasteiger partial charge is 0.251 e. The maximum atomic E-state index is 13.2. The summed E-state index contributed by atoms with van der Waals surface area (Å²) in [5.74, 6) is 0.671. The molecule has 0 saturated carbocycles. The Hall–Kier alpha value is -3.59. The van der Waals surface area contributed by atoms with Gasteiger partial charge in [0.1, 0.15) is 23.3 Å². The number of carbonyl (C=O) groups is 1. The van der Waals surface area contributed by atoms with Gasteiger partial charge in [-0.3, -0.25) is 9.78 Å². The van der Waals surface area contributed by atoms with E-state index in [0.717, 1.165) is 5.56 Å². The van der Waals surface area contributed by atoms with E-state index in [1.807, 2.05) is 6.92 Å². The quantitative estimate of drug-likeness (QED) is 0.463. The van der Waals surface area contributed by atoms with Gasteiger partial charge in [-0.15, -0.1) is 0 Å². The fourth-order valence-electron chi connectivity index (χ4n) is 2.62. The minimum atomic E-state index is -0.346. The highest BCUT2D eigenvalue weighted by Crippen LogP contribution is 2.22. The molecule has 8 nitrogen and oxygen atoms in total. The molecule has 0 aliphatic rings. The van der Waals surface area contributed by atoms with Gasteiger partial charge in [-0.2, -0.15) is 0 Å². The Morgan fingerprint density at radius 1 is 1.14 bits per heavy atom. The van der Waals surface area contributed by atoms with E-state index < -0.39 is 0 Å². The molecule has 0 saturated heterocycles. The topological polar surface area (TPSA) is 112 Å². The fraction of sp³-hybridized carbons (Fsp3) is 0.200. The summed E-state index contributed by atoms with van der Waals surface area (Å²) in [5, 5.41) is 17.8. The Labute approximate surface area is 167 Å².